The highest BCUT2D eigenvalue weighted by atomic mass is 79.9. The summed E-state index contributed by atoms with van der Waals surface area (Å²) >= 11 is 9.63. The number of hydrogen-bond donors (Lipinski definition) is 0. The number of fused-ring (bicyclic) bond motifs is 1. The monoisotopic (exact) mass is 352 g/mol. The molecule has 0 aliphatic heterocycles. The van der Waals surface area contributed by atoms with E-state index in [-0.39, 0.29) is 11.2 Å². The third kappa shape index (κ3) is 2.34. The van der Waals surface area contributed by atoms with Crippen LogP contribution in [0, 0.1) is 5.82 Å². The molecule has 1 unspecified atom stereocenters. The zero-order valence-corrected chi connectivity index (χ0v) is 13.0. The Balaban J connectivity index is 2.31. The molecule has 0 saturated heterocycles. The topological polar surface area (TPSA) is 17.8 Å². The molecule has 0 fully saturated rings. The minimum absolute atomic E-state index is 0.269. The van der Waals surface area contributed by atoms with Gasteiger partial charge in [0, 0.05) is 16.2 Å². The molecule has 1 atom stereocenters. The fraction of sp³-hybridized carbons (Fsp3) is 0.133. The zero-order chi connectivity index (χ0) is 14.3. The Labute approximate surface area is 129 Å². The van der Waals surface area contributed by atoms with Gasteiger partial charge in [-0.05, 0) is 43.3 Å². The fourth-order valence-corrected chi connectivity index (χ4v) is 2.61. The number of aromatic nitrogens is 2. The molecular weight excluding hydrogens is 343 g/mol. The Morgan fingerprint density at radius 2 is 1.90 bits per heavy atom. The molecular formula is C15H11BrClFN2. The minimum Gasteiger partial charge on any atom is -0.295 e. The van der Waals surface area contributed by atoms with Crippen molar-refractivity contribution in [2.24, 2.45) is 0 Å². The third-order valence-electron chi connectivity index (χ3n) is 3.08. The number of halogens is 3. The van der Waals surface area contributed by atoms with E-state index in [0.717, 1.165) is 15.7 Å². The van der Waals surface area contributed by atoms with Gasteiger partial charge in [0.1, 0.15) is 11.6 Å². The number of hydrogen-bond acceptors (Lipinski definition) is 1. The highest BCUT2D eigenvalue weighted by molar-refractivity contribution is 9.10. The third-order valence-corrected chi connectivity index (χ3v) is 3.81. The van der Waals surface area contributed by atoms with Crippen LogP contribution in [-0.2, 0) is 0 Å². The Kier molecular flexibility index (Phi) is 3.52. The summed E-state index contributed by atoms with van der Waals surface area (Å²) in [7, 11) is 0. The van der Waals surface area contributed by atoms with Crippen LogP contribution in [-0.4, -0.2) is 9.55 Å². The van der Waals surface area contributed by atoms with Crippen LogP contribution in [0.2, 0.25) is 0 Å². The molecule has 2 nitrogen and oxygen atoms in total. The van der Waals surface area contributed by atoms with Crippen LogP contribution >= 0.6 is 27.5 Å². The van der Waals surface area contributed by atoms with Crippen molar-refractivity contribution in [2.75, 3.05) is 0 Å². The van der Waals surface area contributed by atoms with Gasteiger partial charge in [0.05, 0.1) is 16.4 Å². The number of rotatable bonds is 2. The van der Waals surface area contributed by atoms with Crippen molar-refractivity contribution in [3.05, 3.63) is 58.6 Å². The number of imidazole rings is 1. The molecule has 0 bridgehead atoms. The van der Waals surface area contributed by atoms with Gasteiger partial charge in [-0.3, -0.25) is 4.57 Å². The van der Waals surface area contributed by atoms with E-state index in [9.17, 15) is 4.39 Å². The number of benzene rings is 2. The fourth-order valence-electron chi connectivity index (χ4n) is 2.20. The molecule has 2 aromatic carbocycles. The molecule has 1 heterocycles. The first-order valence-corrected chi connectivity index (χ1v) is 7.37. The number of alkyl halides is 1. The summed E-state index contributed by atoms with van der Waals surface area (Å²) in [5.74, 6) is 0.404. The highest BCUT2D eigenvalue weighted by Crippen LogP contribution is 2.29. The Morgan fingerprint density at radius 1 is 1.20 bits per heavy atom. The van der Waals surface area contributed by atoms with Gasteiger partial charge in [0.2, 0.25) is 0 Å². The molecule has 0 aliphatic rings. The first-order chi connectivity index (χ1) is 9.56. The van der Waals surface area contributed by atoms with Crippen molar-refractivity contribution in [3.63, 3.8) is 0 Å². The predicted molar refractivity (Wildman–Crippen MR) is 83.0 cm³/mol. The van der Waals surface area contributed by atoms with Gasteiger partial charge in [-0.25, -0.2) is 9.37 Å². The zero-order valence-electron chi connectivity index (χ0n) is 10.6. The van der Waals surface area contributed by atoms with Crippen molar-refractivity contribution in [1.29, 1.82) is 0 Å². The summed E-state index contributed by atoms with van der Waals surface area (Å²) in [6.07, 6.45) is 0. The molecule has 0 amide bonds. The van der Waals surface area contributed by atoms with Crippen LogP contribution in [0.25, 0.3) is 16.7 Å². The Hall–Kier alpha value is -1.39. The molecule has 0 radical (unpaired) electrons. The molecule has 3 aromatic rings. The van der Waals surface area contributed by atoms with Crippen LogP contribution in [0.5, 0.6) is 0 Å². The summed E-state index contributed by atoms with van der Waals surface area (Å²) in [5, 5.41) is -0.269. The lowest BCUT2D eigenvalue weighted by Gasteiger charge is -2.10. The van der Waals surface area contributed by atoms with E-state index in [1.54, 1.807) is 6.07 Å². The molecule has 5 heteroatoms. The predicted octanol–water partition coefficient (Wildman–Crippen LogP) is 5.23. The molecule has 1 aromatic heterocycles. The maximum Gasteiger partial charge on any atom is 0.132 e. The van der Waals surface area contributed by atoms with E-state index in [1.807, 2.05) is 35.8 Å². The lowest BCUT2D eigenvalue weighted by Crippen LogP contribution is -2.01. The average Bonchev–Trinajstić information content (AvgIpc) is 2.78. The first-order valence-electron chi connectivity index (χ1n) is 6.14. The lowest BCUT2D eigenvalue weighted by molar-refractivity contribution is 0.629. The SMILES string of the molecule is CC(Cl)c1nc2cc(F)ccc2n1-c1ccc(Br)cc1. The Bertz CT molecular complexity index is 765. The van der Waals surface area contributed by atoms with Gasteiger partial charge in [-0.2, -0.15) is 0 Å². The summed E-state index contributed by atoms with van der Waals surface area (Å²) in [4.78, 5) is 4.45. The maximum absolute atomic E-state index is 13.3. The summed E-state index contributed by atoms with van der Waals surface area (Å²) in [6.45, 7) is 1.86. The second-order valence-corrected chi connectivity index (χ2v) is 6.10. The normalized spacial score (nSPS) is 12.8. The van der Waals surface area contributed by atoms with E-state index < -0.39 is 0 Å². The lowest BCUT2D eigenvalue weighted by atomic mass is 10.2. The van der Waals surface area contributed by atoms with Gasteiger partial charge in [0.15, 0.2) is 0 Å². The maximum atomic E-state index is 13.3. The van der Waals surface area contributed by atoms with Crippen molar-refractivity contribution in [2.45, 2.75) is 12.3 Å². The Morgan fingerprint density at radius 3 is 2.55 bits per heavy atom. The second-order valence-electron chi connectivity index (χ2n) is 4.53. The summed E-state index contributed by atoms with van der Waals surface area (Å²) in [5.41, 5.74) is 2.40. The average molecular weight is 354 g/mol. The van der Waals surface area contributed by atoms with Crippen molar-refractivity contribution >= 4 is 38.6 Å². The van der Waals surface area contributed by atoms with E-state index >= 15 is 0 Å². The molecule has 0 saturated carbocycles. The first kappa shape index (κ1) is 13.6. The highest BCUT2D eigenvalue weighted by Gasteiger charge is 2.16. The van der Waals surface area contributed by atoms with Crippen molar-refractivity contribution in [1.82, 2.24) is 9.55 Å². The van der Waals surface area contributed by atoms with Gasteiger partial charge < -0.3 is 0 Å². The van der Waals surface area contributed by atoms with E-state index in [4.69, 9.17) is 11.6 Å². The molecule has 0 N–H and O–H groups in total. The smallest absolute Gasteiger partial charge is 0.132 e. The van der Waals surface area contributed by atoms with Crippen LogP contribution in [0.4, 0.5) is 4.39 Å². The second kappa shape index (κ2) is 5.19. The van der Waals surface area contributed by atoms with E-state index in [1.165, 1.54) is 12.1 Å². The van der Waals surface area contributed by atoms with Crippen LogP contribution in [0.1, 0.15) is 18.1 Å². The van der Waals surface area contributed by atoms with Crippen LogP contribution in [0.3, 0.4) is 0 Å². The molecule has 102 valence electrons. The van der Waals surface area contributed by atoms with Gasteiger partial charge in [0.25, 0.3) is 0 Å². The molecule has 0 spiro atoms. The van der Waals surface area contributed by atoms with Crippen molar-refractivity contribution < 1.29 is 4.39 Å². The van der Waals surface area contributed by atoms with E-state index in [0.29, 0.717) is 11.3 Å². The van der Waals surface area contributed by atoms with Crippen molar-refractivity contribution in [3.8, 4) is 5.69 Å². The quantitative estimate of drug-likeness (QED) is 0.577. The molecule has 0 aliphatic carbocycles. The standard InChI is InChI=1S/C15H11BrClFN2/c1-9(17)15-19-13-8-11(18)4-7-14(13)20(15)12-5-2-10(16)3-6-12/h2-9H,1H3. The largest absolute Gasteiger partial charge is 0.295 e. The van der Waals surface area contributed by atoms with Crippen LogP contribution < -0.4 is 0 Å². The summed E-state index contributed by atoms with van der Waals surface area (Å²) in [6, 6.07) is 12.4. The minimum atomic E-state index is -0.299. The number of nitrogens with zero attached hydrogens (tertiary/aromatic N) is 2. The van der Waals surface area contributed by atoms with Gasteiger partial charge >= 0.3 is 0 Å². The summed E-state index contributed by atoms with van der Waals surface area (Å²) < 4.78 is 16.3. The van der Waals surface area contributed by atoms with Crippen LogP contribution in [0.15, 0.2) is 46.9 Å². The van der Waals surface area contributed by atoms with Gasteiger partial charge in [-0.1, -0.05) is 15.9 Å². The van der Waals surface area contributed by atoms with E-state index in [2.05, 4.69) is 20.9 Å². The molecule has 20 heavy (non-hydrogen) atoms. The van der Waals surface area contributed by atoms with Gasteiger partial charge in [-0.15, -0.1) is 11.6 Å². The molecule has 3 rings (SSSR count).